The molecule has 0 aromatic heterocycles. The van der Waals surface area contributed by atoms with Crippen molar-refractivity contribution in [2.45, 2.75) is 38.5 Å². The predicted octanol–water partition coefficient (Wildman–Crippen LogP) is 10.1. The van der Waals surface area contributed by atoms with Crippen molar-refractivity contribution in [1.82, 2.24) is 0 Å². The molecule has 0 radical (unpaired) electrons. The topological polar surface area (TPSA) is 27.7 Å². The summed E-state index contributed by atoms with van der Waals surface area (Å²) in [6.45, 7) is 5.78. The van der Waals surface area contributed by atoms with Gasteiger partial charge < -0.3 is 13.3 Å². The summed E-state index contributed by atoms with van der Waals surface area (Å²) in [7, 11) is -3.23. The van der Waals surface area contributed by atoms with Gasteiger partial charge >= 0.3 is 8.80 Å². The summed E-state index contributed by atoms with van der Waals surface area (Å²) in [5.74, 6) is 0. The van der Waals surface area contributed by atoms with E-state index < -0.39 is 8.80 Å². The first kappa shape index (κ1) is 32.1. The summed E-state index contributed by atoms with van der Waals surface area (Å²) in [6, 6.07) is 46.3. The summed E-state index contributed by atoms with van der Waals surface area (Å²) < 4.78 is 20.3. The summed E-state index contributed by atoms with van der Waals surface area (Å²) in [5, 5.41) is 0. The van der Waals surface area contributed by atoms with Gasteiger partial charge in [-0.15, -0.1) is 0 Å². The van der Waals surface area contributed by atoms with Gasteiger partial charge in [0.25, 0.3) is 0 Å². The smallest absolute Gasteiger partial charge is 0.370 e. The Kier molecular flexibility index (Phi) is 8.62. The molecule has 252 valence electrons. The SMILES string of the molecule is C=C[Si](OCCc1cccc2c1Cc1ccccc1-2)(OCCc1cccc2c1Cc1ccccc1-2)OCCc1cccc2c1Cc1ccccc1-2. The fourth-order valence-corrected chi connectivity index (χ4v) is 10.3. The normalized spacial score (nSPS) is 13.3. The molecule has 51 heavy (non-hydrogen) atoms. The van der Waals surface area contributed by atoms with Crippen LogP contribution in [0, 0.1) is 0 Å². The van der Waals surface area contributed by atoms with E-state index in [2.05, 4.69) is 134 Å². The second-order valence-corrected chi connectivity index (χ2v) is 16.4. The second-order valence-electron chi connectivity index (χ2n) is 13.9. The van der Waals surface area contributed by atoms with Crippen LogP contribution in [-0.4, -0.2) is 28.6 Å². The van der Waals surface area contributed by atoms with E-state index in [9.17, 15) is 0 Å². The first-order valence-corrected chi connectivity index (χ1v) is 20.1. The zero-order chi connectivity index (χ0) is 34.2. The number of benzene rings is 6. The molecule has 0 fully saturated rings. The van der Waals surface area contributed by atoms with E-state index in [1.165, 1.54) is 83.5 Å². The van der Waals surface area contributed by atoms with Gasteiger partial charge in [0.05, 0.1) is 0 Å². The lowest BCUT2D eigenvalue weighted by Crippen LogP contribution is -2.45. The van der Waals surface area contributed by atoms with Crippen LogP contribution in [0.3, 0.4) is 0 Å². The fourth-order valence-electron chi connectivity index (χ4n) is 8.58. The number of fused-ring (bicyclic) bond motifs is 9. The molecule has 0 amide bonds. The molecule has 0 saturated heterocycles. The van der Waals surface area contributed by atoms with Gasteiger partial charge in [-0.25, -0.2) is 0 Å². The molecule has 0 saturated carbocycles. The largest absolute Gasteiger partial charge is 0.529 e. The zero-order valence-corrected chi connectivity index (χ0v) is 30.0. The highest BCUT2D eigenvalue weighted by molar-refractivity contribution is 6.66. The van der Waals surface area contributed by atoms with Gasteiger partial charge in [-0.1, -0.05) is 134 Å². The lowest BCUT2D eigenvalue weighted by atomic mass is 9.99. The van der Waals surface area contributed by atoms with Gasteiger partial charge in [0, 0.05) is 19.8 Å². The molecule has 0 N–H and O–H groups in total. The quantitative estimate of drug-likeness (QED) is 0.113. The third-order valence-electron chi connectivity index (χ3n) is 11.1. The van der Waals surface area contributed by atoms with Crippen LogP contribution in [0.5, 0.6) is 0 Å². The van der Waals surface area contributed by atoms with Crippen molar-refractivity contribution in [3.63, 3.8) is 0 Å². The Balaban J connectivity index is 0.920. The molecular formula is C47H42O3Si. The Morgan fingerprint density at radius 1 is 0.412 bits per heavy atom. The van der Waals surface area contributed by atoms with Crippen LogP contribution in [-0.2, 0) is 51.8 Å². The second kappa shape index (κ2) is 13.7. The Labute approximate surface area is 302 Å². The highest BCUT2D eigenvalue weighted by Gasteiger charge is 2.38. The summed E-state index contributed by atoms with van der Waals surface area (Å²) in [6.07, 6.45) is 5.28. The number of hydrogen-bond donors (Lipinski definition) is 0. The minimum Gasteiger partial charge on any atom is -0.370 e. The summed E-state index contributed by atoms with van der Waals surface area (Å²) in [4.78, 5) is 0. The zero-order valence-electron chi connectivity index (χ0n) is 29.0. The fraction of sp³-hybridized carbons (Fsp3) is 0.191. The van der Waals surface area contributed by atoms with Crippen LogP contribution in [0.2, 0.25) is 0 Å². The maximum Gasteiger partial charge on any atom is 0.529 e. The van der Waals surface area contributed by atoms with Crippen LogP contribution >= 0.6 is 0 Å². The molecule has 3 nitrogen and oxygen atoms in total. The van der Waals surface area contributed by atoms with Gasteiger partial charge in [0.15, 0.2) is 0 Å². The van der Waals surface area contributed by atoms with Crippen LogP contribution in [0.4, 0.5) is 0 Å². The molecule has 0 atom stereocenters. The molecule has 0 spiro atoms. The molecule has 0 heterocycles. The van der Waals surface area contributed by atoms with Crippen LogP contribution < -0.4 is 0 Å². The Morgan fingerprint density at radius 3 is 1.06 bits per heavy atom. The summed E-state index contributed by atoms with van der Waals surface area (Å²) >= 11 is 0. The van der Waals surface area contributed by atoms with Crippen molar-refractivity contribution in [2.24, 2.45) is 0 Å². The lowest BCUT2D eigenvalue weighted by Gasteiger charge is -2.27. The third-order valence-corrected chi connectivity index (χ3v) is 13.4. The van der Waals surface area contributed by atoms with Gasteiger partial charge in [-0.2, -0.15) is 0 Å². The van der Waals surface area contributed by atoms with E-state index in [0.717, 1.165) is 38.5 Å². The lowest BCUT2D eigenvalue weighted by molar-refractivity contribution is 0.0739. The summed E-state index contributed by atoms with van der Waals surface area (Å²) in [5.41, 5.74) is 22.3. The average molecular weight is 683 g/mol. The van der Waals surface area contributed by atoms with E-state index in [4.69, 9.17) is 13.3 Å². The van der Waals surface area contributed by atoms with E-state index in [1.807, 2.05) is 5.70 Å². The molecule has 6 aromatic rings. The molecule has 0 bridgehead atoms. The van der Waals surface area contributed by atoms with Crippen LogP contribution in [0.1, 0.15) is 50.1 Å². The molecule has 0 unspecified atom stereocenters. The Morgan fingerprint density at radius 2 is 0.725 bits per heavy atom. The van der Waals surface area contributed by atoms with E-state index >= 15 is 0 Å². The maximum atomic E-state index is 6.76. The van der Waals surface area contributed by atoms with Crippen molar-refractivity contribution in [2.75, 3.05) is 19.8 Å². The monoisotopic (exact) mass is 682 g/mol. The highest BCUT2D eigenvalue weighted by atomic mass is 28.4. The number of rotatable bonds is 13. The molecule has 3 aliphatic rings. The third kappa shape index (κ3) is 6.02. The Bertz CT molecular complexity index is 2020. The molecule has 9 rings (SSSR count). The minimum atomic E-state index is -3.23. The molecule has 4 heteroatoms. The molecule has 6 aromatic carbocycles. The van der Waals surface area contributed by atoms with Gasteiger partial charge in [0.1, 0.15) is 0 Å². The van der Waals surface area contributed by atoms with Crippen molar-refractivity contribution in [3.8, 4) is 33.4 Å². The highest BCUT2D eigenvalue weighted by Crippen LogP contribution is 2.40. The predicted molar refractivity (Wildman–Crippen MR) is 209 cm³/mol. The standard InChI is InChI=1S/C47H42O3Si/c1-2-51(48-27-24-33-15-9-21-42-39-18-6-3-12-36(39)30-45(33)42,49-28-25-34-16-10-22-43-40-19-7-4-13-37(40)31-46(34)43)50-29-26-35-17-11-23-44-41-20-8-5-14-38(41)32-47(35)44/h2-23H,1,24-32H2. The van der Waals surface area contributed by atoms with E-state index in [1.54, 1.807) is 0 Å². The minimum absolute atomic E-state index is 0.511. The van der Waals surface area contributed by atoms with Gasteiger partial charge in [-0.05, 0) is 128 Å². The maximum absolute atomic E-state index is 6.76. The molecular weight excluding hydrogens is 641 g/mol. The average Bonchev–Trinajstić information content (AvgIpc) is 3.87. The van der Waals surface area contributed by atoms with Crippen LogP contribution in [0.25, 0.3) is 33.4 Å². The van der Waals surface area contributed by atoms with Crippen molar-refractivity contribution in [3.05, 3.63) is 190 Å². The van der Waals surface area contributed by atoms with Crippen molar-refractivity contribution < 1.29 is 13.3 Å². The molecule has 0 aliphatic heterocycles. The number of hydrogen-bond acceptors (Lipinski definition) is 3. The van der Waals surface area contributed by atoms with Crippen LogP contribution in [0.15, 0.2) is 140 Å². The van der Waals surface area contributed by atoms with Gasteiger partial charge in [0.2, 0.25) is 0 Å². The first-order valence-electron chi connectivity index (χ1n) is 18.3. The Hall–Kier alpha value is -4.84. The van der Waals surface area contributed by atoms with Gasteiger partial charge in [-0.3, -0.25) is 0 Å². The van der Waals surface area contributed by atoms with E-state index in [0.29, 0.717) is 19.8 Å². The molecule has 3 aliphatic carbocycles. The van der Waals surface area contributed by atoms with Crippen molar-refractivity contribution in [1.29, 1.82) is 0 Å². The first-order chi connectivity index (χ1) is 25.2. The van der Waals surface area contributed by atoms with Crippen molar-refractivity contribution >= 4 is 8.80 Å². The van der Waals surface area contributed by atoms with E-state index in [-0.39, 0.29) is 0 Å².